The van der Waals surface area contributed by atoms with E-state index in [9.17, 15) is 14.9 Å². The van der Waals surface area contributed by atoms with E-state index in [4.69, 9.17) is 0 Å². The maximum atomic E-state index is 12.0. The number of hydrazone groups is 1. The van der Waals surface area contributed by atoms with Crippen molar-refractivity contribution in [1.82, 2.24) is 15.2 Å². The number of amides is 1. The molecule has 0 bridgehead atoms. The summed E-state index contributed by atoms with van der Waals surface area (Å²) in [5.41, 5.74) is 4.51. The molecule has 1 saturated heterocycles. The molecule has 0 aromatic heterocycles. The van der Waals surface area contributed by atoms with Crippen LogP contribution in [0.2, 0.25) is 0 Å². The zero-order valence-corrected chi connectivity index (χ0v) is 15.5. The second kappa shape index (κ2) is 9.72. The second-order valence-corrected chi connectivity index (χ2v) is 6.68. The van der Waals surface area contributed by atoms with Gasteiger partial charge >= 0.3 is 0 Å². The van der Waals surface area contributed by atoms with E-state index in [1.54, 1.807) is 12.1 Å². The first-order valence-electron chi connectivity index (χ1n) is 9.15. The van der Waals surface area contributed by atoms with Crippen LogP contribution in [0.15, 0.2) is 59.7 Å². The van der Waals surface area contributed by atoms with E-state index in [1.165, 1.54) is 23.9 Å². The lowest BCUT2D eigenvalue weighted by Crippen LogP contribution is -2.48. The lowest BCUT2D eigenvalue weighted by Gasteiger charge is -2.34. The molecule has 8 heteroatoms. The van der Waals surface area contributed by atoms with Crippen LogP contribution in [0.25, 0.3) is 0 Å². The molecule has 0 saturated carbocycles. The predicted octanol–water partition coefficient (Wildman–Crippen LogP) is 1.86. The van der Waals surface area contributed by atoms with Crippen molar-refractivity contribution in [2.75, 3.05) is 32.7 Å². The van der Waals surface area contributed by atoms with E-state index < -0.39 is 4.92 Å². The number of nitrogens with zero attached hydrogens (tertiary/aromatic N) is 4. The van der Waals surface area contributed by atoms with Crippen molar-refractivity contribution in [2.45, 2.75) is 6.54 Å². The van der Waals surface area contributed by atoms with Crippen molar-refractivity contribution in [2.24, 2.45) is 5.10 Å². The Labute approximate surface area is 163 Å². The summed E-state index contributed by atoms with van der Waals surface area (Å²) in [7, 11) is 0. The van der Waals surface area contributed by atoms with Crippen LogP contribution in [-0.4, -0.2) is 59.6 Å². The Bertz CT molecular complexity index is 815. The van der Waals surface area contributed by atoms with Gasteiger partial charge in [0.1, 0.15) is 0 Å². The second-order valence-electron chi connectivity index (χ2n) is 6.68. The molecule has 0 spiro atoms. The predicted molar refractivity (Wildman–Crippen MR) is 107 cm³/mol. The minimum atomic E-state index is -0.456. The SMILES string of the molecule is O=C(CN1CCN(Cc2ccccc2)CC1)N/N=C/c1ccc([N+](=O)[O-])cc1. The molecule has 1 amide bonds. The molecular weight excluding hydrogens is 358 g/mol. The van der Waals surface area contributed by atoms with Crippen molar-refractivity contribution >= 4 is 17.8 Å². The van der Waals surface area contributed by atoms with Gasteiger partial charge in [-0.05, 0) is 23.3 Å². The van der Waals surface area contributed by atoms with E-state index in [-0.39, 0.29) is 11.6 Å². The fourth-order valence-corrected chi connectivity index (χ4v) is 3.05. The number of nitro benzene ring substituents is 1. The number of hydrogen-bond acceptors (Lipinski definition) is 6. The van der Waals surface area contributed by atoms with Crippen molar-refractivity contribution in [3.8, 4) is 0 Å². The zero-order chi connectivity index (χ0) is 19.8. The summed E-state index contributed by atoms with van der Waals surface area (Å²) in [5.74, 6) is -0.172. The molecule has 0 radical (unpaired) electrons. The minimum absolute atomic E-state index is 0.0209. The van der Waals surface area contributed by atoms with E-state index in [0.29, 0.717) is 12.1 Å². The number of nitro groups is 1. The van der Waals surface area contributed by atoms with E-state index in [1.807, 2.05) is 18.2 Å². The number of non-ortho nitro benzene ring substituents is 1. The molecule has 1 fully saturated rings. The highest BCUT2D eigenvalue weighted by Crippen LogP contribution is 2.10. The van der Waals surface area contributed by atoms with Gasteiger partial charge in [-0.3, -0.25) is 24.7 Å². The maximum absolute atomic E-state index is 12.0. The quantitative estimate of drug-likeness (QED) is 0.449. The summed E-state index contributed by atoms with van der Waals surface area (Å²) in [5, 5.41) is 14.5. The first-order valence-corrected chi connectivity index (χ1v) is 9.15. The summed E-state index contributed by atoms with van der Waals surface area (Å²) in [4.78, 5) is 26.7. The van der Waals surface area contributed by atoms with Crippen LogP contribution >= 0.6 is 0 Å². The molecule has 2 aromatic carbocycles. The number of benzene rings is 2. The average Bonchev–Trinajstić information content (AvgIpc) is 2.71. The summed E-state index contributed by atoms with van der Waals surface area (Å²) < 4.78 is 0. The van der Waals surface area contributed by atoms with Gasteiger partial charge in [0, 0.05) is 44.9 Å². The van der Waals surface area contributed by atoms with E-state index in [0.717, 1.165) is 32.7 Å². The van der Waals surface area contributed by atoms with Crippen LogP contribution in [-0.2, 0) is 11.3 Å². The van der Waals surface area contributed by atoms with E-state index >= 15 is 0 Å². The highest BCUT2D eigenvalue weighted by Gasteiger charge is 2.18. The number of carbonyl (C=O) groups excluding carboxylic acids is 1. The van der Waals surface area contributed by atoms with Crippen LogP contribution in [0.4, 0.5) is 5.69 Å². The summed E-state index contributed by atoms with van der Waals surface area (Å²) >= 11 is 0. The Balaban J connectivity index is 1.38. The Morgan fingerprint density at radius 3 is 2.32 bits per heavy atom. The average molecular weight is 381 g/mol. The standard InChI is InChI=1S/C20H23N5O3/c26-20(22-21-14-17-6-8-19(9-7-17)25(27)28)16-24-12-10-23(11-13-24)15-18-4-2-1-3-5-18/h1-9,14H,10-13,15-16H2,(H,22,26)/b21-14+. The largest absolute Gasteiger partial charge is 0.297 e. The number of carbonyl (C=O) groups is 1. The van der Waals surface area contributed by atoms with Crippen LogP contribution in [0.5, 0.6) is 0 Å². The van der Waals surface area contributed by atoms with Crippen LogP contribution in [0, 0.1) is 10.1 Å². The van der Waals surface area contributed by atoms with E-state index in [2.05, 4.69) is 32.5 Å². The molecule has 28 heavy (non-hydrogen) atoms. The molecule has 0 atom stereocenters. The van der Waals surface area contributed by atoms with Crippen molar-refractivity contribution < 1.29 is 9.72 Å². The summed E-state index contributed by atoms with van der Waals surface area (Å²) in [6.07, 6.45) is 1.47. The van der Waals surface area contributed by atoms with Gasteiger partial charge in [-0.25, -0.2) is 5.43 Å². The highest BCUT2D eigenvalue weighted by molar-refractivity contribution is 5.83. The molecule has 1 aliphatic rings. The normalized spacial score (nSPS) is 15.6. The van der Waals surface area contributed by atoms with Gasteiger partial charge in [0.2, 0.25) is 0 Å². The van der Waals surface area contributed by atoms with Crippen LogP contribution in [0.3, 0.4) is 0 Å². The molecule has 1 aliphatic heterocycles. The third-order valence-corrected chi connectivity index (χ3v) is 4.59. The van der Waals surface area contributed by atoms with Gasteiger partial charge in [-0.2, -0.15) is 5.10 Å². The first-order chi connectivity index (χ1) is 13.6. The van der Waals surface area contributed by atoms with Crippen LogP contribution < -0.4 is 5.43 Å². The first kappa shape index (κ1) is 19.7. The molecule has 0 unspecified atom stereocenters. The van der Waals surface area contributed by atoms with Crippen molar-refractivity contribution in [3.05, 3.63) is 75.8 Å². The van der Waals surface area contributed by atoms with Gasteiger partial charge in [0.05, 0.1) is 17.7 Å². The number of hydrogen-bond donors (Lipinski definition) is 1. The fraction of sp³-hybridized carbons (Fsp3) is 0.300. The topological polar surface area (TPSA) is 91.1 Å². The Morgan fingerprint density at radius 2 is 1.68 bits per heavy atom. The van der Waals surface area contributed by atoms with Gasteiger partial charge in [-0.1, -0.05) is 30.3 Å². The Morgan fingerprint density at radius 1 is 1.04 bits per heavy atom. The Kier molecular flexibility index (Phi) is 6.83. The van der Waals surface area contributed by atoms with Gasteiger partial charge < -0.3 is 0 Å². The maximum Gasteiger partial charge on any atom is 0.269 e. The molecule has 3 rings (SSSR count). The molecule has 1 heterocycles. The third kappa shape index (κ3) is 5.97. The molecule has 0 aliphatic carbocycles. The van der Waals surface area contributed by atoms with Crippen LogP contribution in [0.1, 0.15) is 11.1 Å². The Hall–Kier alpha value is -3.10. The molecular formula is C20H23N5O3. The number of rotatable bonds is 7. The fourth-order valence-electron chi connectivity index (χ4n) is 3.05. The van der Waals surface area contributed by atoms with Gasteiger partial charge in [0.25, 0.3) is 11.6 Å². The minimum Gasteiger partial charge on any atom is -0.297 e. The lowest BCUT2D eigenvalue weighted by molar-refractivity contribution is -0.384. The van der Waals surface area contributed by atoms with Crippen molar-refractivity contribution in [1.29, 1.82) is 0 Å². The highest BCUT2D eigenvalue weighted by atomic mass is 16.6. The van der Waals surface area contributed by atoms with Gasteiger partial charge in [-0.15, -0.1) is 0 Å². The zero-order valence-electron chi connectivity index (χ0n) is 15.5. The molecule has 8 nitrogen and oxygen atoms in total. The van der Waals surface area contributed by atoms with Gasteiger partial charge in [0.15, 0.2) is 0 Å². The number of piperazine rings is 1. The molecule has 2 aromatic rings. The number of nitrogens with one attached hydrogen (secondary N) is 1. The molecule has 146 valence electrons. The lowest BCUT2D eigenvalue weighted by atomic mass is 10.2. The summed E-state index contributed by atoms with van der Waals surface area (Å²) in [6, 6.07) is 16.3. The smallest absolute Gasteiger partial charge is 0.269 e. The van der Waals surface area contributed by atoms with Crippen molar-refractivity contribution in [3.63, 3.8) is 0 Å². The third-order valence-electron chi connectivity index (χ3n) is 4.59. The molecule has 1 N–H and O–H groups in total. The summed E-state index contributed by atoms with van der Waals surface area (Å²) in [6.45, 7) is 4.76. The monoisotopic (exact) mass is 381 g/mol.